The molecule has 0 aliphatic carbocycles. The Balaban J connectivity index is 2.04. The fraction of sp³-hybridized carbons (Fsp3) is 0.500. The van der Waals surface area contributed by atoms with Gasteiger partial charge in [0.1, 0.15) is 6.61 Å². The normalized spacial score (nSPS) is 10.9. The molecule has 0 unspecified atom stereocenters. The minimum Gasteiger partial charge on any atom is -0.375 e. The summed E-state index contributed by atoms with van der Waals surface area (Å²) < 4.78 is 27.8. The van der Waals surface area contributed by atoms with Crippen LogP contribution < -0.4 is 0 Å². The van der Waals surface area contributed by atoms with Crippen molar-refractivity contribution in [2.75, 3.05) is 13.2 Å². The predicted octanol–water partition coefficient (Wildman–Crippen LogP) is 1.84. The number of aromatic nitrogens is 1. The summed E-state index contributed by atoms with van der Waals surface area (Å²) in [6, 6.07) is 3.76. The second-order valence-corrected chi connectivity index (χ2v) is 2.41. The third-order valence-electron chi connectivity index (χ3n) is 1.42. The second-order valence-electron chi connectivity index (χ2n) is 2.41. The lowest BCUT2D eigenvalue weighted by molar-refractivity contribution is 0.0185. The highest BCUT2D eigenvalue weighted by atomic mass is 19.3. The molecule has 2 nitrogen and oxygen atoms in total. The fourth-order valence-electron chi connectivity index (χ4n) is 0.878. The average molecular weight is 175 g/mol. The number of halogens is 2. The minimum atomic E-state index is -2.37. The molecule has 0 aromatic carbocycles. The van der Waals surface area contributed by atoms with Crippen molar-refractivity contribution in [3.8, 4) is 0 Å². The maximum Gasteiger partial charge on any atom is 0.261 e. The molecular weight excluding hydrogens is 164 g/mol. The van der Waals surface area contributed by atoms with E-state index in [1.54, 1.807) is 6.20 Å². The monoisotopic (exact) mass is 175 g/mol. The molecule has 1 N–H and O–H groups in total. The molecule has 0 atom stereocenters. The zero-order valence-electron chi connectivity index (χ0n) is 6.59. The maximum atomic E-state index is 11.6. The van der Waals surface area contributed by atoms with Gasteiger partial charge in [0.2, 0.25) is 0 Å². The van der Waals surface area contributed by atoms with Crippen molar-refractivity contribution in [2.24, 2.45) is 0 Å². The molecule has 0 fully saturated rings. The lowest BCUT2D eigenvalue weighted by Crippen LogP contribution is -2.07. The molecular formula is C8H11F2NO. The summed E-state index contributed by atoms with van der Waals surface area (Å²) >= 11 is 0. The number of ether oxygens (including phenoxy) is 1. The topological polar surface area (TPSA) is 25.0 Å². The fourth-order valence-corrected chi connectivity index (χ4v) is 0.878. The predicted molar refractivity (Wildman–Crippen MR) is 41.3 cm³/mol. The van der Waals surface area contributed by atoms with E-state index in [1.165, 1.54) is 0 Å². The van der Waals surface area contributed by atoms with Crippen molar-refractivity contribution in [3.05, 3.63) is 24.0 Å². The van der Waals surface area contributed by atoms with Crippen LogP contribution in [-0.2, 0) is 11.2 Å². The number of hydrogen-bond donors (Lipinski definition) is 1. The molecule has 0 saturated heterocycles. The van der Waals surface area contributed by atoms with Gasteiger partial charge in [0.05, 0.1) is 6.61 Å². The lowest BCUT2D eigenvalue weighted by Gasteiger charge is -2.01. The Kier molecular flexibility index (Phi) is 3.73. The first-order chi connectivity index (χ1) is 5.79. The number of nitrogens with one attached hydrogen (secondary N) is 1. The SMILES string of the molecule is FC(F)COCCc1ccc[nH]1. The first-order valence-electron chi connectivity index (χ1n) is 3.77. The van der Waals surface area contributed by atoms with Crippen LogP contribution in [-0.4, -0.2) is 24.6 Å². The van der Waals surface area contributed by atoms with E-state index < -0.39 is 13.0 Å². The van der Waals surface area contributed by atoms with E-state index in [4.69, 9.17) is 4.74 Å². The zero-order valence-corrected chi connectivity index (χ0v) is 6.59. The van der Waals surface area contributed by atoms with Crippen LogP contribution in [0.15, 0.2) is 18.3 Å². The Bertz CT molecular complexity index is 199. The van der Waals surface area contributed by atoms with Gasteiger partial charge in [0.15, 0.2) is 0 Å². The first-order valence-corrected chi connectivity index (χ1v) is 3.77. The molecule has 0 saturated carbocycles. The number of alkyl halides is 2. The molecule has 0 aliphatic rings. The smallest absolute Gasteiger partial charge is 0.261 e. The molecule has 0 bridgehead atoms. The van der Waals surface area contributed by atoms with E-state index in [9.17, 15) is 8.78 Å². The van der Waals surface area contributed by atoms with Gasteiger partial charge in [-0.1, -0.05) is 0 Å². The Hall–Kier alpha value is -0.900. The maximum absolute atomic E-state index is 11.6. The molecule has 0 amide bonds. The summed E-state index contributed by atoms with van der Waals surface area (Å²) in [6.45, 7) is -0.133. The zero-order chi connectivity index (χ0) is 8.81. The number of aromatic amines is 1. The van der Waals surface area contributed by atoms with Crippen molar-refractivity contribution in [3.63, 3.8) is 0 Å². The van der Waals surface area contributed by atoms with Gasteiger partial charge in [-0.15, -0.1) is 0 Å². The lowest BCUT2D eigenvalue weighted by atomic mass is 10.3. The van der Waals surface area contributed by atoms with E-state index in [1.807, 2.05) is 12.1 Å². The average Bonchev–Trinajstić information content (AvgIpc) is 2.49. The number of rotatable bonds is 5. The summed E-state index contributed by atoms with van der Waals surface area (Å²) in [4.78, 5) is 2.96. The summed E-state index contributed by atoms with van der Waals surface area (Å²) in [5.74, 6) is 0. The molecule has 1 aromatic rings. The van der Waals surface area contributed by atoms with E-state index in [2.05, 4.69) is 4.98 Å². The van der Waals surface area contributed by atoms with Gasteiger partial charge in [0.25, 0.3) is 6.43 Å². The van der Waals surface area contributed by atoms with Crippen molar-refractivity contribution < 1.29 is 13.5 Å². The second kappa shape index (κ2) is 4.87. The van der Waals surface area contributed by atoms with Crippen LogP contribution >= 0.6 is 0 Å². The van der Waals surface area contributed by atoms with Gasteiger partial charge < -0.3 is 9.72 Å². The van der Waals surface area contributed by atoms with Crippen molar-refractivity contribution >= 4 is 0 Å². The number of H-pyrrole nitrogens is 1. The molecule has 1 heterocycles. The Morgan fingerprint density at radius 2 is 2.33 bits per heavy atom. The van der Waals surface area contributed by atoms with Gasteiger partial charge >= 0.3 is 0 Å². The summed E-state index contributed by atoms with van der Waals surface area (Å²) in [5.41, 5.74) is 1.00. The van der Waals surface area contributed by atoms with Crippen LogP contribution in [0.5, 0.6) is 0 Å². The van der Waals surface area contributed by atoms with E-state index >= 15 is 0 Å². The number of hydrogen-bond acceptors (Lipinski definition) is 1. The van der Waals surface area contributed by atoms with Crippen LogP contribution in [0.1, 0.15) is 5.69 Å². The summed E-state index contributed by atoms with van der Waals surface area (Å²) in [6.07, 6.45) is 0.0796. The largest absolute Gasteiger partial charge is 0.375 e. The first kappa shape index (κ1) is 9.19. The molecule has 0 radical (unpaired) electrons. The Labute approximate surface area is 69.5 Å². The summed E-state index contributed by atoms with van der Waals surface area (Å²) in [7, 11) is 0. The van der Waals surface area contributed by atoms with Gasteiger partial charge in [-0.2, -0.15) is 0 Å². The van der Waals surface area contributed by atoms with E-state index in [0.29, 0.717) is 13.0 Å². The van der Waals surface area contributed by atoms with E-state index in [0.717, 1.165) is 5.69 Å². The third-order valence-corrected chi connectivity index (χ3v) is 1.42. The van der Waals surface area contributed by atoms with Gasteiger partial charge in [-0.05, 0) is 12.1 Å². The van der Waals surface area contributed by atoms with Crippen LogP contribution in [0.25, 0.3) is 0 Å². The Morgan fingerprint density at radius 1 is 1.50 bits per heavy atom. The van der Waals surface area contributed by atoms with Gasteiger partial charge in [-0.3, -0.25) is 0 Å². The molecule has 0 aliphatic heterocycles. The van der Waals surface area contributed by atoms with Crippen LogP contribution in [0.4, 0.5) is 8.78 Å². The van der Waals surface area contributed by atoms with Gasteiger partial charge in [0, 0.05) is 18.3 Å². The van der Waals surface area contributed by atoms with Crippen LogP contribution in [0.2, 0.25) is 0 Å². The van der Waals surface area contributed by atoms with Gasteiger partial charge in [-0.25, -0.2) is 8.78 Å². The van der Waals surface area contributed by atoms with Crippen LogP contribution in [0, 0.1) is 0 Å². The molecule has 0 spiro atoms. The molecule has 1 rings (SSSR count). The van der Waals surface area contributed by atoms with Crippen molar-refractivity contribution in [2.45, 2.75) is 12.8 Å². The molecule has 4 heteroatoms. The van der Waals surface area contributed by atoms with Crippen molar-refractivity contribution in [1.29, 1.82) is 0 Å². The molecule has 1 aromatic heterocycles. The minimum absolute atomic E-state index is 0.338. The molecule has 68 valence electrons. The van der Waals surface area contributed by atoms with Crippen molar-refractivity contribution in [1.82, 2.24) is 4.98 Å². The quantitative estimate of drug-likeness (QED) is 0.678. The highest BCUT2D eigenvalue weighted by molar-refractivity contribution is 5.03. The standard InChI is InChI=1S/C8H11F2NO/c9-8(10)6-12-5-3-7-2-1-4-11-7/h1-2,4,8,11H,3,5-6H2. The highest BCUT2D eigenvalue weighted by Gasteiger charge is 2.01. The summed E-state index contributed by atoms with van der Waals surface area (Å²) in [5, 5.41) is 0. The molecule has 12 heavy (non-hydrogen) atoms. The van der Waals surface area contributed by atoms with E-state index in [-0.39, 0.29) is 0 Å². The third kappa shape index (κ3) is 3.48. The Morgan fingerprint density at radius 3 is 2.92 bits per heavy atom. The van der Waals surface area contributed by atoms with Crippen LogP contribution in [0.3, 0.4) is 0 Å². The highest BCUT2D eigenvalue weighted by Crippen LogP contribution is 1.97.